The quantitative estimate of drug-likeness (QED) is 0.845. The van der Waals surface area contributed by atoms with E-state index in [4.69, 9.17) is 10.00 Å². The van der Waals surface area contributed by atoms with Crippen LogP contribution < -0.4 is 5.32 Å². The summed E-state index contributed by atoms with van der Waals surface area (Å²) in [5.74, 6) is -0.467. The largest absolute Gasteiger partial charge is 0.376 e. The van der Waals surface area contributed by atoms with Crippen molar-refractivity contribution >= 4 is 17.7 Å². The number of benzene rings is 1. The fourth-order valence-electron chi connectivity index (χ4n) is 1.91. The molecule has 1 N–H and O–H groups in total. The minimum absolute atomic E-state index is 0.107. The number of hydrogen-bond donors (Lipinski definition) is 1. The highest BCUT2D eigenvalue weighted by molar-refractivity contribution is 8.00. The topological polar surface area (TPSA) is 62.1 Å². The van der Waals surface area contributed by atoms with Crippen LogP contribution in [0.5, 0.6) is 0 Å². The van der Waals surface area contributed by atoms with E-state index in [1.807, 2.05) is 6.07 Å². The Balaban J connectivity index is 1.76. The highest BCUT2D eigenvalue weighted by atomic mass is 32.2. The molecule has 1 unspecified atom stereocenters. The molecule has 1 aliphatic rings. The molecule has 0 saturated carbocycles. The number of carbonyl (C=O) groups excluding carboxylic acids is 1. The lowest BCUT2D eigenvalue weighted by Crippen LogP contribution is -2.32. The lowest BCUT2D eigenvalue weighted by atomic mass is 10.2. The Morgan fingerprint density at radius 2 is 2.45 bits per heavy atom. The molecule has 106 valence electrons. The molecule has 6 heteroatoms. The Morgan fingerprint density at radius 3 is 3.10 bits per heavy atom. The summed E-state index contributed by atoms with van der Waals surface area (Å²) in [4.78, 5) is 12.0. The van der Waals surface area contributed by atoms with Crippen LogP contribution in [-0.2, 0) is 9.53 Å². The van der Waals surface area contributed by atoms with Crippen LogP contribution in [0.4, 0.5) is 4.39 Å². The maximum Gasteiger partial charge on any atom is 0.230 e. The highest BCUT2D eigenvalue weighted by Gasteiger charge is 2.16. The van der Waals surface area contributed by atoms with Crippen LogP contribution in [0.25, 0.3) is 0 Å². The molecule has 1 atom stereocenters. The predicted octanol–water partition coefficient (Wildman–Crippen LogP) is 2.08. The van der Waals surface area contributed by atoms with Gasteiger partial charge in [-0.2, -0.15) is 5.26 Å². The van der Waals surface area contributed by atoms with Crippen molar-refractivity contribution in [3.63, 3.8) is 0 Å². The van der Waals surface area contributed by atoms with Crippen LogP contribution in [0.1, 0.15) is 18.4 Å². The summed E-state index contributed by atoms with van der Waals surface area (Å²) >= 11 is 1.12. The first-order valence-corrected chi connectivity index (χ1v) is 7.38. The third-order valence-electron chi connectivity index (χ3n) is 2.97. The maximum atomic E-state index is 13.6. The standard InChI is InChI=1S/C14H15FN2O2S/c15-12-6-10(7-16)3-4-13(12)20-9-14(18)17-8-11-2-1-5-19-11/h3-4,6,11H,1-2,5,8-9H2,(H,17,18). The fourth-order valence-corrected chi connectivity index (χ4v) is 2.66. The number of nitriles is 1. The van der Waals surface area contributed by atoms with Crippen molar-refractivity contribution < 1.29 is 13.9 Å². The number of ether oxygens (including phenoxy) is 1. The Hall–Kier alpha value is -1.58. The second-order valence-electron chi connectivity index (χ2n) is 4.48. The van der Waals surface area contributed by atoms with Crippen LogP contribution >= 0.6 is 11.8 Å². The molecule has 4 nitrogen and oxygen atoms in total. The summed E-state index contributed by atoms with van der Waals surface area (Å²) < 4.78 is 19.0. The molecule has 0 aliphatic carbocycles. The Bertz CT molecular complexity index is 524. The van der Waals surface area contributed by atoms with Gasteiger partial charge < -0.3 is 10.1 Å². The number of halogens is 1. The van der Waals surface area contributed by atoms with Gasteiger partial charge in [0.1, 0.15) is 5.82 Å². The van der Waals surface area contributed by atoms with Crippen molar-refractivity contribution in [2.75, 3.05) is 18.9 Å². The molecule has 1 saturated heterocycles. The van der Waals surface area contributed by atoms with Crippen molar-refractivity contribution in [2.45, 2.75) is 23.8 Å². The van der Waals surface area contributed by atoms with Gasteiger partial charge in [0, 0.05) is 18.0 Å². The molecule has 0 bridgehead atoms. The normalized spacial score (nSPS) is 17.7. The molecular formula is C14H15FN2O2S. The zero-order chi connectivity index (χ0) is 14.4. The summed E-state index contributed by atoms with van der Waals surface area (Å²) in [7, 11) is 0. The van der Waals surface area contributed by atoms with Gasteiger partial charge in [0.15, 0.2) is 0 Å². The molecule has 1 aromatic rings. The van der Waals surface area contributed by atoms with Crippen LogP contribution in [-0.4, -0.2) is 30.9 Å². The van der Waals surface area contributed by atoms with Gasteiger partial charge in [0.05, 0.1) is 23.5 Å². The number of rotatable bonds is 5. The molecule has 0 radical (unpaired) electrons. The molecule has 20 heavy (non-hydrogen) atoms. The summed E-state index contributed by atoms with van der Waals surface area (Å²) in [6, 6.07) is 6.10. The third-order valence-corrected chi connectivity index (χ3v) is 4.02. The first-order valence-electron chi connectivity index (χ1n) is 6.40. The van der Waals surface area contributed by atoms with Gasteiger partial charge in [-0.15, -0.1) is 11.8 Å². The van der Waals surface area contributed by atoms with Crippen molar-refractivity contribution in [3.05, 3.63) is 29.6 Å². The lowest BCUT2D eigenvalue weighted by molar-refractivity contribution is -0.119. The van der Waals surface area contributed by atoms with Crippen molar-refractivity contribution in [1.29, 1.82) is 5.26 Å². The average molecular weight is 294 g/mol. The van der Waals surface area contributed by atoms with E-state index in [0.717, 1.165) is 31.2 Å². The minimum atomic E-state index is -0.471. The molecule has 1 fully saturated rings. The van der Waals surface area contributed by atoms with Gasteiger partial charge in [-0.25, -0.2) is 4.39 Å². The number of amides is 1. The smallest absolute Gasteiger partial charge is 0.230 e. The SMILES string of the molecule is N#Cc1ccc(SCC(=O)NCC2CCCO2)c(F)c1. The van der Waals surface area contributed by atoms with Crippen LogP contribution in [0, 0.1) is 17.1 Å². The summed E-state index contributed by atoms with van der Waals surface area (Å²) in [5, 5.41) is 11.4. The van der Waals surface area contributed by atoms with Crippen molar-refractivity contribution in [1.82, 2.24) is 5.32 Å². The molecule has 1 aromatic carbocycles. The number of thioether (sulfide) groups is 1. The number of hydrogen-bond acceptors (Lipinski definition) is 4. The van der Waals surface area contributed by atoms with E-state index in [1.165, 1.54) is 18.2 Å². The van der Waals surface area contributed by atoms with Gasteiger partial charge in [-0.05, 0) is 31.0 Å². The van der Waals surface area contributed by atoms with Crippen molar-refractivity contribution in [3.8, 4) is 6.07 Å². The van der Waals surface area contributed by atoms with Gasteiger partial charge in [0.2, 0.25) is 5.91 Å². The molecule has 0 aromatic heterocycles. The van der Waals surface area contributed by atoms with E-state index in [2.05, 4.69) is 5.32 Å². The second kappa shape index (κ2) is 7.27. The first-order chi connectivity index (χ1) is 9.69. The number of carbonyl (C=O) groups is 1. The molecular weight excluding hydrogens is 279 g/mol. The molecule has 2 rings (SSSR count). The average Bonchev–Trinajstić information content (AvgIpc) is 2.97. The maximum absolute atomic E-state index is 13.6. The lowest BCUT2D eigenvalue weighted by Gasteiger charge is -2.10. The first kappa shape index (κ1) is 14.8. The number of nitrogens with one attached hydrogen (secondary N) is 1. The van der Waals surface area contributed by atoms with Gasteiger partial charge >= 0.3 is 0 Å². The summed E-state index contributed by atoms with van der Waals surface area (Å²) in [6.45, 7) is 1.26. The van der Waals surface area contributed by atoms with Gasteiger partial charge in [-0.3, -0.25) is 4.79 Å². The second-order valence-corrected chi connectivity index (χ2v) is 5.50. The molecule has 1 heterocycles. The van der Waals surface area contributed by atoms with E-state index >= 15 is 0 Å². The molecule has 1 amide bonds. The zero-order valence-electron chi connectivity index (χ0n) is 10.9. The summed E-state index contributed by atoms with van der Waals surface area (Å²) in [6.07, 6.45) is 2.11. The van der Waals surface area contributed by atoms with Crippen LogP contribution in [0.3, 0.4) is 0 Å². The fraction of sp³-hybridized carbons (Fsp3) is 0.429. The predicted molar refractivity (Wildman–Crippen MR) is 73.8 cm³/mol. The van der Waals surface area contributed by atoms with E-state index < -0.39 is 5.82 Å². The highest BCUT2D eigenvalue weighted by Crippen LogP contribution is 2.22. The van der Waals surface area contributed by atoms with E-state index in [0.29, 0.717) is 11.4 Å². The Morgan fingerprint density at radius 1 is 1.60 bits per heavy atom. The molecule has 0 spiro atoms. The Kier molecular flexibility index (Phi) is 5.39. The van der Waals surface area contributed by atoms with Crippen LogP contribution in [0.15, 0.2) is 23.1 Å². The Labute approximate surface area is 121 Å². The third kappa shape index (κ3) is 4.22. The summed E-state index contributed by atoms with van der Waals surface area (Å²) in [5.41, 5.74) is 0.273. The van der Waals surface area contributed by atoms with Crippen LogP contribution in [0.2, 0.25) is 0 Å². The minimum Gasteiger partial charge on any atom is -0.376 e. The van der Waals surface area contributed by atoms with E-state index in [-0.39, 0.29) is 23.3 Å². The monoisotopic (exact) mass is 294 g/mol. The van der Waals surface area contributed by atoms with Crippen molar-refractivity contribution in [2.24, 2.45) is 0 Å². The van der Waals surface area contributed by atoms with Gasteiger partial charge in [0.25, 0.3) is 0 Å². The number of nitrogens with zero attached hydrogens (tertiary/aromatic N) is 1. The van der Waals surface area contributed by atoms with E-state index in [9.17, 15) is 9.18 Å². The zero-order valence-corrected chi connectivity index (χ0v) is 11.7. The van der Waals surface area contributed by atoms with E-state index in [1.54, 1.807) is 0 Å². The van der Waals surface area contributed by atoms with Gasteiger partial charge in [-0.1, -0.05) is 0 Å². The molecule has 1 aliphatic heterocycles.